The van der Waals surface area contributed by atoms with Crippen LogP contribution in [0.5, 0.6) is 0 Å². The molecule has 1 aliphatic heterocycles. The first kappa shape index (κ1) is 14.5. The van der Waals surface area contributed by atoms with Crippen LogP contribution in [0, 0.1) is 23.7 Å². The fourth-order valence-corrected chi connectivity index (χ4v) is 2.69. The van der Waals surface area contributed by atoms with Crippen molar-refractivity contribution in [2.24, 2.45) is 11.3 Å². The average Bonchev–Trinajstić information content (AvgIpc) is 2.28. The second-order valence-electron chi connectivity index (χ2n) is 6.36. The molecule has 0 aromatic rings. The minimum atomic E-state index is 0.469. The van der Waals surface area contributed by atoms with Crippen molar-refractivity contribution >= 4 is 0 Å². The molecule has 0 spiro atoms. The zero-order valence-corrected chi connectivity index (χ0v) is 11.9. The molecule has 1 N–H and O–H groups in total. The third-order valence-electron chi connectivity index (χ3n) is 4.04. The molecule has 0 amide bonds. The van der Waals surface area contributed by atoms with E-state index in [0.717, 1.165) is 12.5 Å². The molecule has 0 radical (unpaired) electrons. The van der Waals surface area contributed by atoms with Crippen molar-refractivity contribution in [1.29, 1.82) is 0 Å². The summed E-state index contributed by atoms with van der Waals surface area (Å²) in [6.07, 6.45) is 7.91. The Bertz CT molecular complexity index is 251. The lowest BCUT2D eigenvalue weighted by Crippen LogP contribution is -2.46. The number of hydrogen-bond acceptors (Lipinski definition) is 2. The van der Waals surface area contributed by atoms with Gasteiger partial charge in [0.2, 0.25) is 0 Å². The van der Waals surface area contributed by atoms with Crippen LogP contribution in [0.2, 0.25) is 0 Å². The number of piperidine rings is 1. The van der Waals surface area contributed by atoms with Crippen molar-refractivity contribution in [2.75, 3.05) is 26.2 Å². The van der Waals surface area contributed by atoms with E-state index in [1.54, 1.807) is 0 Å². The molecule has 0 aromatic heterocycles. The van der Waals surface area contributed by atoms with Crippen LogP contribution in [0.15, 0.2) is 0 Å². The highest BCUT2D eigenvalue weighted by Gasteiger charge is 2.29. The van der Waals surface area contributed by atoms with Gasteiger partial charge in [-0.15, -0.1) is 6.42 Å². The van der Waals surface area contributed by atoms with E-state index in [4.69, 9.17) is 6.42 Å². The van der Waals surface area contributed by atoms with Crippen LogP contribution in [-0.2, 0) is 0 Å². The molecule has 0 aliphatic carbocycles. The van der Waals surface area contributed by atoms with E-state index in [-0.39, 0.29) is 0 Å². The van der Waals surface area contributed by atoms with Gasteiger partial charge in [-0.05, 0) is 44.2 Å². The molecule has 1 heterocycles. The van der Waals surface area contributed by atoms with Crippen LogP contribution < -0.4 is 5.32 Å². The normalized spacial score (nSPS) is 21.1. The SMILES string of the molecule is C#CCNCC(C)N1CCC(C(C)(C)C)CC1. The maximum absolute atomic E-state index is 5.23. The Labute approximate surface area is 107 Å². The quantitative estimate of drug-likeness (QED) is 0.595. The Morgan fingerprint density at radius 3 is 2.41 bits per heavy atom. The largest absolute Gasteiger partial charge is 0.305 e. The van der Waals surface area contributed by atoms with Gasteiger partial charge in [-0.2, -0.15) is 0 Å². The Balaban J connectivity index is 2.29. The van der Waals surface area contributed by atoms with Crippen LogP contribution in [0.3, 0.4) is 0 Å². The summed E-state index contributed by atoms with van der Waals surface area (Å²) in [5.41, 5.74) is 0.469. The summed E-state index contributed by atoms with van der Waals surface area (Å²) >= 11 is 0. The van der Waals surface area contributed by atoms with E-state index in [9.17, 15) is 0 Å². The first-order chi connectivity index (χ1) is 7.95. The van der Waals surface area contributed by atoms with Gasteiger partial charge in [0.25, 0.3) is 0 Å². The summed E-state index contributed by atoms with van der Waals surface area (Å²) < 4.78 is 0. The van der Waals surface area contributed by atoms with Gasteiger partial charge in [-0.25, -0.2) is 0 Å². The lowest BCUT2D eigenvalue weighted by molar-refractivity contribution is 0.0878. The zero-order chi connectivity index (χ0) is 12.9. The van der Waals surface area contributed by atoms with Gasteiger partial charge >= 0.3 is 0 Å². The molecule has 2 heteroatoms. The van der Waals surface area contributed by atoms with E-state index in [1.165, 1.54) is 25.9 Å². The Hall–Kier alpha value is -0.520. The van der Waals surface area contributed by atoms with Crippen LogP contribution in [0.1, 0.15) is 40.5 Å². The molecule has 1 aliphatic rings. The highest BCUT2D eigenvalue weighted by atomic mass is 15.2. The van der Waals surface area contributed by atoms with Gasteiger partial charge in [-0.1, -0.05) is 26.7 Å². The number of terminal acetylenes is 1. The first-order valence-electron chi connectivity index (χ1n) is 6.83. The Kier molecular flexibility index (Phi) is 5.49. The van der Waals surface area contributed by atoms with Crippen molar-refractivity contribution in [3.05, 3.63) is 0 Å². The highest BCUT2D eigenvalue weighted by Crippen LogP contribution is 2.34. The Morgan fingerprint density at radius 1 is 1.35 bits per heavy atom. The summed E-state index contributed by atoms with van der Waals surface area (Å²) in [7, 11) is 0. The third kappa shape index (κ3) is 4.69. The molecule has 1 atom stereocenters. The zero-order valence-electron chi connectivity index (χ0n) is 11.9. The second-order valence-corrected chi connectivity index (χ2v) is 6.36. The van der Waals surface area contributed by atoms with E-state index < -0.39 is 0 Å². The smallest absolute Gasteiger partial charge is 0.0574 e. The van der Waals surface area contributed by atoms with E-state index in [1.807, 2.05) is 0 Å². The molecular formula is C15H28N2. The minimum absolute atomic E-state index is 0.469. The lowest BCUT2D eigenvalue weighted by atomic mass is 9.75. The molecule has 1 rings (SSSR count). The van der Waals surface area contributed by atoms with Crippen LogP contribution in [-0.4, -0.2) is 37.1 Å². The van der Waals surface area contributed by atoms with E-state index >= 15 is 0 Å². The number of nitrogens with zero attached hydrogens (tertiary/aromatic N) is 1. The second kappa shape index (κ2) is 6.42. The monoisotopic (exact) mass is 236 g/mol. The number of likely N-dealkylation sites (tertiary alicyclic amines) is 1. The van der Waals surface area contributed by atoms with Gasteiger partial charge in [0.1, 0.15) is 0 Å². The van der Waals surface area contributed by atoms with Gasteiger partial charge in [-0.3, -0.25) is 4.90 Å². The fourth-order valence-electron chi connectivity index (χ4n) is 2.69. The molecule has 0 bridgehead atoms. The predicted octanol–water partition coefficient (Wildman–Crippen LogP) is 2.36. The fraction of sp³-hybridized carbons (Fsp3) is 0.867. The van der Waals surface area contributed by atoms with E-state index in [0.29, 0.717) is 18.0 Å². The first-order valence-corrected chi connectivity index (χ1v) is 6.83. The number of hydrogen-bond donors (Lipinski definition) is 1. The number of rotatable bonds is 4. The molecule has 0 aromatic carbocycles. The molecule has 2 nitrogen and oxygen atoms in total. The summed E-state index contributed by atoms with van der Waals surface area (Å²) in [5.74, 6) is 3.50. The van der Waals surface area contributed by atoms with Gasteiger partial charge < -0.3 is 5.32 Å². The Morgan fingerprint density at radius 2 is 1.94 bits per heavy atom. The predicted molar refractivity (Wildman–Crippen MR) is 74.9 cm³/mol. The average molecular weight is 236 g/mol. The molecule has 1 unspecified atom stereocenters. The molecule has 17 heavy (non-hydrogen) atoms. The van der Waals surface area contributed by atoms with Crippen molar-refractivity contribution in [3.8, 4) is 12.3 Å². The number of nitrogens with one attached hydrogen (secondary N) is 1. The molecule has 1 fully saturated rings. The topological polar surface area (TPSA) is 15.3 Å². The standard InChI is InChI=1S/C15H28N2/c1-6-9-16-12-13(2)17-10-7-14(8-11-17)15(3,4)5/h1,13-14,16H,7-12H2,2-5H3. The summed E-state index contributed by atoms with van der Waals surface area (Å²) in [6, 6.07) is 0.601. The van der Waals surface area contributed by atoms with Crippen molar-refractivity contribution < 1.29 is 0 Å². The van der Waals surface area contributed by atoms with Crippen molar-refractivity contribution in [1.82, 2.24) is 10.2 Å². The molecule has 0 saturated carbocycles. The maximum atomic E-state index is 5.23. The lowest BCUT2D eigenvalue weighted by Gasteiger charge is -2.41. The molecule has 98 valence electrons. The van der Waals surface area contributed by atoms with Crippen LogP contribution in [0.25, 0.3) is 0 Å². The summed E-state index contributed by atoms with van der Waals surface area (Å²) in [6.45, 7) is 13.6. The highest BCUT2D eigenvalue weighted by molar-refractivity contribution is 4.88. The maximum Gasteiger partial charge on any atom is 0.0574 e. The van der Waals surface area contributed by atoms with Crippen molar-refractivity contribution in [3.63, 3.8) is 0 Å². The minimum Gasteiger partial charge on any atom is -0.305 e. The van der Waals surface area contributed by atoms with Gasteiger partial charge in [0, 0.05) is 12.6 Å². The van der Waals surface area contributed by atoms with Crippen LogP contribution >= 0.6 is 0 Å². The summed E-state index contributed by atoms with van der Waals surface area (Å²) in [4.78, 5) is 2.59. The van der Waals surface area contributed by atoms with Gasteiger partial charge in [0.15, 0.2) is 0 Å². The molecule has 1 saturated heterocycles. The molecular weight excluding hydrogens is 208 g/mol. The van der Waals surface area contributed by atoms with Crippen molar-refractivity contribution in [2.45, 2.75) is 46.6 Å². The van der Waals surface area contributed by atoms with Crippen LogP contribution in [0.4, 0.5) is 0 Å². The van der Waals surface area contributed by atoms with E-state index in [2.05, 4.69) is 43.8 Å². The van der Waals surface area contributed by atoms with Gasteiger partial charge in [0.05, 0.1) is 6.54 Å². The summed E-state index contributed by atoms with van der Waals surface area (Å²) in [5, 5.41) is 3.30. The third-order valence-corrected chi connectivity index (χ3v) is 4.04.